The predicted molar refractivity (Wildman–Crippen MR) is 137 cm³/mol. The normalized spacial score (nSPS) is 11.0. The summed E-state index contributed by atoms with van der Waals surface area (Å²) in [5.74, 6) is 0.798. The zero-order valence-corrected chi connectivity index (χ0v) is 21.4. The van der Waals surface area contributed by atoms with E-state index < -0.39 is 10.0 Å². The maximum absolute atomic E-state index is 13.0. The van der Waals surface area contributed by atoms with Crippen LogP contribution in [0.25, 0.3) is 0 Å². The first-order chi connectivity index (χ1) is 17.8. The van der Waals surface area contributed by atoms with E-state index in [1.54, 1.807) is 30.3 Å². The van der Waals surface area contributed by atoms with Crippen LogP contribution in [0.1, 0.15) is 35.5 Å². The third-order valence-electron chi connectivity index (χ3n) is 5.31. The number of hydrogen-bond donors (Lipinski definition) is 2. The monoisotopic (exact) mass is 527 g/mol. The van der Waals surface area contributed by atoms with Gasteiger partial charge in [-0.05, 0) is 68.3 Å². The maximum Gasteiger partial charge on any atom is 0.270 e. The van der Waals surface area contributed by atoms with Crippen LogP contribution in [-0.2, 0) is 27.8 Å². The van der Waals surface area contributed by atoms with Gasteiger partial charge in [-0.1, -0.05) is 12.1 Å². The second-order valence-electron chi connectivity index (χ2n) is 7.75. The lowest BCUT2D eigenvalue weighted by atomic mass is 10.1. The summed E-state index contributed by atoms with van der Waals surface area (Å²) in [6, 6.07) is 13.9. The minimum atomic E-state index is -4.16. The van der Waals surface area contributed by atoms with Crippen LogP contribution >= 0.6 is 0 Å². The standard InChI is InChI=1S/C26H29N3O7S/c1-3-35-24-12-7-20(15-25(24)36-4-2)26(32)27-14-13-19-5-10-23(11-6-19)37(33,34)29(18-31)22-9-8-21(17-30)28-16-22/h5-12,15-16,18,30H,3-4,13-14,17H2,1-2H3,(H,27,32). The van der Waals surface area contributed by atoms with E-state index in [9.17, 15) is 18.0 Å². The molecule has 0 aliphatic rings. The third-order valence-corrected chi connectivity index (χ3v) is 6.99. The molecule has 2 aromatic carbocycles. The molecule has 0 radical (unpaired) electrons. The lowest BCUT2D eigenvalue weighted by Crippen LogP contribution is -2.29. The first kappa shape index (κ1) is 27.6. The molecule has 0 aliphatic heterocycles. The molecule has 2 N–H and O–H groups in total. The third kappa shape index (κ3) is 6.83. The van der Waals surface area contributed by atoms with Crippen LogP contribution in [0.2, 0.25) is 0 Å². The Hall–Kier alpha value is -3.96. The second kappa shape index (κ2) is 12.8. The molecule has 196 valence electrons. The van der Waals surface area contributed by atoms with Crippen molar-refractivity contribution in [3.05, 3.63) is 77.6 Å². The number of amides is 2. The van der Waals surface area contributed by atoms with E-state index >= 15 is 0 Å². The fourth-order valence-electron chi connectivity index (χ4n) is 3.45. The summed E-state index contributed by atoms with van der Waals surface area (Å²) >= 11 is 0. The largest absolute Gasteiger partial charge is 0.490 e. The molecule has 1 aromatic heterocycles. The molecule has 3 aromatic rings. The van der Waals surface area contributed by atoms with Gasteiger partial charge in [0.2, 0.25) is 6.41 Å². The van der Waals surface area contributed by atoms with Crippen molar-refractivity contribution in [2.45, 2.75) is 31.8 Å². The van der Waals surface area contributed by atoms with Gasteiger partial charge in [0, 0.05) is 12.1 Å². The molecular formula is C26H29N3O7S. The van der Waals surface area contributed by atoms with E-state index in [1.807, 2.05) is 13.8 Å². The number of rotatable bonds is 13. The smallest absolute Gasteiger partial charge is 0.270 e. The first-order valence-electron chi connectivity index (χ1n) is 11.7. The molecule has 0 saturated carbocycles. The average molecular weight is 528 g/mol. The molecule has 37 heavy (non-hydrogen) atoms. The highest BCUT2D eigenvalue weighted by molar-refractivity contribution is 7.93. The molecule has 0 saturated heterocycles. The Balaban J connectivity index is 1.63. The number of aliphatic hydroxyl groups is 1. The van der Waals surface area contributed by atoms with Crippen LogP contribution in [0, 0.1) is 0 Å². The summed E-state index contributed by atoms with van der Waals surface area (Å²) in [4.78, 5) is 28.0. The molecule has 0 atom stereocenters. The molecule has 10 nitrogen and oxygen atoms in total. The summed E-state index contributed by atoms with van der Waals surface area (Å²) in [5.41, 5.74) is 1.64. The molecule has 2 amide bonds. The number of benzene rings is 2. The van der Waals surface area contributed by atoms with Gasteiger partial charge in [-0.15, -0.1) is 0 Å². The zero-order chi connectivity index (χ0) is 26.8. The van der Waals surface area contributed by atoms with Crippen molar-refractivity contribution in [2.75, 3.05) is 24.1 Å². The quantitative estimate of drug-likeness (QED) is 0.324. The molecule has 11 heteroatoms. The fraction of sp³-hybridized carbons (Fsp3) is 0.269. The fourth-order valence-corrected chi connectivity index (χ4v) is 4.66. The van der Waals surface area contributed by atoms with Crippen LogP contribution in [0.15, 0.2) is 65.7 Å². The Kier molecular flexibility index (Phi) is 9.58. The van der Waals surface area contributed by atoms with Crippen molar-refractivity contribution in [3.8, 4) is 11.5 Å². The minimum absolute atomic E-state index is 0.0563. The van der Waals surface area contributed by atoms with E-state index in [2.05, 4.69) is 10.3 Å². The van der Waals surface area contributed by atoms with Gasteiger partial charge in [0.1, 0.15) is 0 Å². The Labute approximate surface area is 215 Å². The van der Waals surface area contributed by atoms with Gasteiger partial charge in [0.25, 0.3) is 15.9 Å². The number of carbonyl (C=O) groups excluding carboxylic acids is 2. The lowest BCUT2D eigenvalue weighted by Gasteiger charge is -2.17. The van der Waals surface area contributed by atoms with Gasteiger partial charge in [-0.25, -0.2) is 12.7 Å². The first-order valence-corrected chi connectivity index (χ1v) is 13.1. The maximum atomic E-state index is 13.0. The van der Waals surface area contributed by atoms with Gasteiger partial charge < -0.3 is 19.9 Å². The van der Waals surface area contributed by atoms with Crippen LogP contribution in [0.4, 0.5) is 5.69 Å². The number of carbonyl (C=O) groups is 2. The summed E-state index contributed by atoms with van der Waals surface area (Å²) in [5, 5.41) is 11.9. The molecule has 0 spiro atoms. The minimum Gasteiger partial charge on any atom is -0.490 e. The van der Waals surface area contributed by atoms with Gasteiger partial charge in [0.05, 0.1) is 42.3 Å². The van der Waals surface area contributed by atoms with E-state index in [-0.39, 0.29) is 29.5 Å². The van der Waals surface area contributed by atoms with E-state index in [1.165, 1.54) is 30.5 Å². The van der Waals surface area contributed by atoms with Crippen molar-refractivity contribution >= 4 is 28.0 Å². The molecule has 0 aliphatic carbocycles. The van der Waals surface area contributed by atoms with E-state index in [0.29, 0.717) is 53.2 Å². The lowest BCUT2D eigenvalue weighted by molar-refractivity contribution is -0.106. The van der Waals surface area contributed by atoms with Crippen LogP contribution in [-0.4, -0.2) is 50.6 Å². The Morgan fingerprint density at radius 2 is 1.73 bits per heavy atom. The number of ether oxygens (including phenoxy) is 2. The van der Waals surface area contributed by atoms with E-state index in [0.717, 1.165) is 5.56 Å². The number of nitrogens with zero attached hydrogens (tertiary/aromatic N) is 2. The molecular weight excluding hydrogens is 498 g/mol. The van der Waals surface area contributed by atoms with Crippen LogP contribution < -0.4 is 19.1 Å². The van der Waals surface area contributed by atoms with Crippen LogP contribution in [0.3, 0.4) is 0 Å². The van der Waals surface area contributed by atoms with Gasteiger partial charge in [-0.2, -0.15) is 0 Å². The highest BCUT2D eigenvalue weighted by Gasteiger charge is 2.25. The van der Waals surface area contributed by atoms with Gasteiger partial charge >= 0.3 is 0 Å². The number of anilines is 1. The number of nitrogens with one attached hydrogen (secondary N) is 1. The Morgan fingerprint density at radius 3 is 2.32 bits per heavy atom. The second-order valence-corrected chi connectivity index (χ2v) is 9.56. The molecule has 1 heterocycles. The van der Waals surface area contributed by atoms with Crippen molar-refractivity contribution in [2.24, 2.45) is 0 Å². The van der Waals surface area contributed by atoms with Gasteiger partial charge in [0.15, 0.2) is 11.5 Å². The summed E-state index contributed by atoms with van der Waals surface area (Å²) < 4.78 is 37.6. The van der Waals surface area contributed by atoms with Crippen molar-refractivity contribution in [3.63, 3.8) is 0 Å². The average Bonchev–Trinajstić information content (AvgIpc) is 2.91. The number of aromatic nitrogens is 1. The summed E-state index contributed by atoms with van der Waals surface area (Å²) in [6.07, 6.45) is 1.87. The molecule has 0 fully saturated rings. The summed E-state index contributed by atoms with van der Waals surface area (Å²) in [7, 11) is -4.16. The molecule has 0 unspecified atom stereocenters. The van der Waals surface area contributed by atoms with Crippen molar-refractivity contribution < 1.29 is 32.6 Å². The number of sulfonamides is 1. The van der Waals surface area contributed by atoms with E-state index in [4.69, 9.17) is 14.6 Å². The highest BCUT2D eigenvalue weighted by Crippen LogP contribution is 2.28. The highest BCUT2D eigenvalue weighted by atomic mass is 32.2. The molecule has 0 bridgehead atoms. The van der Waals surface area contributed by atoms with Gasteiger partial charge in [-0.3, -0.25) is 14.6 Å². The van der Waals surface area contributed by atoms with Crippen molar-refractivity contribution in [1.82, 2.24) is 10.3 Å². The van der Waals surface area contributed by atoms with Crippen LogP contribution in [0.5, 0.6) is 11.5 Å². The number of pyridine rings is 1. The molecule has 3 rings (SSSR count). The Bertz CT molecular complexity index is 1310. The Morgan fingerprint density at radius 1 is 1.03 bits per heavy atom. The number of aliphatic hydroxyl groups excluding tert-OH is 1. The van der Waals surface area contributed by atoms with Crippen molar-refractivity contribution in [1.29, 1.82) is 0 Å². The predicted octanol–water partition coefficient (Wildman–Crippen LogP) is 2.70. The zero-order valence-electron chi connectivity index (χ0n) is 20.6. The topological polar surface area (TPSA) is 135 Å². The number of hydrogen-bond acceptors (Lipinski definition) is 8. The SMILES string of the molecule is CCOc1ccc(C(=O)NCCc2ccc(S(=O)(=O)N(C=O)c3ccc(CO)nc3)cc2)cc1OCC. The summed E-state index contributed by atoms with van der Waals surface area (Å²) in [6.45, 7) is 4.66.